The van der Waals surface area contributed by atoms with Gasteiger partial charge in [-0.2, -0.15) is 0 Å². The minimum absolute atomic E-state index is 0.995. The quantitative estimate of drug-likeness (QED) is 0.588. The van der Waals surface area contributed by atoms with E-state index in [2.05, 4.69) is 22.9 Å². The number of hydrogen-bond donors (Lipinski definition) is 0. The average molecular weight is 191 g/mol. The third kappa shape index (κ3) is 1.96. The van der Waals surface area contributed by atoms with Gasteiger partial charge in [-0.05, 0) is 24.7 Å². The molecule has 0 unspecified atom stereocenters. The molecule has 0 spiro atoms. The fourth-order valence-corrected chi connectivity index (χ4v) is 2.28. The maximum Gasteiger partial charge on any atom is 0.00597 e. The van der Waals surface area contributed by atoms with Gasteiger partial charge in [-0.1, -0.05) is 35.7 Å². The summed E-state index contributed by atoms with van der Waals surface area (Å²) in [6, 6.07) is 0. The first-order chi connectivity index (χ1) is 4.36. The first-order valence-corrected chi connectivity index (χ1v) is 5.05. The molecule has 0 nitrogen and oxygen atoms in total. The van der Waals surface area contributed by atoms with Crippen molar-refractivity contribution in [1.82, 2.24) is 0 Å². The lowest BCUT2D eigenvalue weighted by Gasteiger charge is -2.04. The highest BCUT2D eigenvalue weighted by Gasteiger charge is 2.21. The molecular weight excluding hydrogens is 176 g/mol. The van der Waals surface area contributed by atoms with E-state index in [-0.39, 0.29) is 0 Å². The third-order valence-electron chi connectivity index (χ3n) is 2.45. The summed E-state index contributed by atoms with van der Waals surface area (Å²) < 4.78 is 0. The van der Waals surface area contributed by atoms with Crippen molar-refractivity contribution < 1.29 is 0 Å². The number of alkyl halides is 1. The summed E-state index contributed by atoms with van der Waals surface area (Å²) in [5.74, 6) is 2.04. The lowest BCUT2D eigenvalue weighted by molar-refractivity contribution is 0.505. The smallest absolute Gasteiger partial charge is 0.00597 e. The lowest BCUT2D eigenvalue weighted by atomic mass is 10.0. The van der Waals surface area contributed by atoms with Crippen LogP contribution in [0.1, 0.15) is 32.6 Å². The van der Waals surface area contributed by atoms with Gasteiger partial charge in [-0.3, -0.25) is 0 Å². The standard InChI is InChI=1S/C8H15Br/c1-2-7-3-4-8(5-7)6-9/h7-8H,2-6H2,1H3/t7-,8-/m0/s1. The molecule has 0 aromatic heterocycles. The highest BCUT2D eigenvalue weighted by Crippen LogP contribution is 2.33. The molecule has 0 aliphatic heterocycles. The minimum atomic E-state index is 0.995. The van der Waals surface area contributed by atoms with Crippen molar-refractivity contribution in [2.75, 3.05) is 5.33 Å². The van der Waals surface area contributed by atoms with Gasteiger partial charge in [0.15, 0.2) is 0 Å². The zero-order valence-corrected chi connectivity index (χ0v) is 7.65. The van der Waals surface area contributed by atoms with Crippen molar-refractivity contribution in [2.24, 2.45) is 11.8 Å². The van der Waals surface area contributed by atoms with Crippen LogP contribution in [0.3, 0.4) is 0 Å². The van der Waals surface area contributed by atoms with Crippen LogP contribution < -0.4 is 0 Å². The van der Waals surface area contributed by atoms with Gasteiger partial charge in [0, 0.05) is 5.33 Å². The molecule has 1 rings (SSSR count). The highest BCUT2D eigenvalue weighted by atomic mass is 79.9. The molecule has 2 atom stereocenters. The fraction of sp³-hybridized carbons (Fsp3) is 1.00. The van der Waals surface area contributed by atoms with Crippen LogP contribution in [0.25, 0.3) is 0 Å². The van der Waals surface area contributed by atoms with Gasteiger partial charge >= 0.3 is 0 Å². The average Bonchev–Trinajstić information content (AvgIpc) is 2.34. The van der Waals surface area contributed by atoms with Gasteiger partial charge in [0.2, 0.25) is 0 Å². The number of halogens is 1. The van der Waals surface area contributed by atoms with E-state index in [0.29, 0.717) is 0 Å². The first kappa shape index (κ1) is 7.59. The van der Waals surface area contributed by atoms with Crippen LogP contribution in [0.15, 0.2) is 0 Å². The molecule has 0 heterocycles. The molecule has 1 aliphatic carbocycles. The summed E-state index contributed by atoms with van der Waals surface area (Å²) in [4.78, 5) is 0. The van der Waals surface area contributed by atoms with E-state index >= 15 is 0 Å². The molecule has 0 aromatic carbocycles. The van der Waals surface area contributed by atoms with Gasteiger partial charge in [-0.25, -0.2) is 0 Å². The summed E-state index contributed by atoms with van der Waals surface area (Å²) in [5.41, 5.74) is 0. The monoisotopic (exact) mass is 190 g/mol. The van der Waals surface area contributed by atoms with Crippen LogP contribution >= 0.6 is 15.9 Å². The van der Waals surface area contributed by atoms with Crippen LogP contribution in [0.5, 0.6) is 0 Å². The Labute approximate surface area is 66.2 Å². The van der Waals surface area contributed by atoms with E-state index in [1.807, 2.05) is 0 Å². The van der Waals surface area contributed by atoms with Crippen molar-refractivity contribution in [3.05, 3.63) is 0 Å². The molecule has 0 N–H and O–H groups in total. The van der Waals surface area contributed by atoms with Crippen molar-refractivity contribution in [2.45, 2.75) is 32.6 Å². The molecule has 1 fully saturated rings. The molecule has 1 saturated carbocycles. The second-order valence-corrected chi connectivity index (χ2v) is 3.76. The summed E-state index contributed by atoms with van der Waals surface area (Å²) >= 11 is 3.53. The van der Waals surface area contributed by atoms with Crippen molar-refractivity contribution >= 4 is 15.9 Å². The van der Waals surface area contributed by atoms with Gasteiger partial charge < -0.3 is 0 Å². The van der Waals surface area contributed by atoms with Crippen LogP contribution in [-0.2, 0) is 0 Å². The zero-order valence-electron chi connectivity index (χ0n) is 6.07. The molecule has 0 aromatic rings. The minimum Gasteiger partial charge on any atom is -0.0925 e. The van der Waals surface area contributed by atoms with Gasteiger partial charge in [0.1, 0.15) is 0 Å². The van der Waals surface area contributed by atoms with Crippen LogP contribution in [0, 0.1) is 11.8 Å². The van der Waals surface area contributed by atoms with Gasteiger partial charge in [0.25, 0.3) is 0 Å². The van der Waals surface area contributed by atoms with Crippen LogP contribution in [-0.4, -0.2) is 5.33 Å². The number of hydrogen-bond acceptors (Lipinski definition) is 0. The Morgan fingerprint density at radius 1 is 1.33 bits per heavy atom. The van der Waals surface area contributed by atoms with Gasteiger partial charge in [-0.15, -0.1) is 0 Å². The maximum atomic E-state index is 3.53. The Kier molecular flexibility index (Phi) is 3.03. The molecule has 0 amide bonds. The molecule has 9 heavy (non-hydrogen) atoms. The lowest BCUT2D eigenvalue weighted by Crippen LogP contribution is -1.95. The Hall–Kier alpha value is 0.480. The summed E-state index contributed by atoms with van der Waals surface area (Å²) in [5, 5.41) is 1.23. The molecule has 1 aliphatic rings. The molecular formula is C8H15Br. The second kappa shape index (κ2) is 3.60. The third-order valence-corrected chi connectivity index (χ3v) is 3.36. The largest absolute Gasteiger partial charge is 0.0925 e. The highest BCUT2D eigenvalue weighted by molar-refractivity contribution is 9.09. The predicted molar refractivity (Wildman–Crippen MR) is 44.9 cm³/mol. The van der Waals surface area contributed by atoms with Crippen LogP contribution in [0.2, 0.25) is 0 Å². The predicted octanol–water partition coefficient (Wildman–Crippen LogP) is 3.21. The zero-order chi connectivity index (χ0) is 6.69. The molecule has 0 saturated heterocycles. The van der Waals surface area contributed by atoms with Crippen molar-refractivity contribution in [3.63, 3.8) is 0 Å². The van der Waals surface area contributed by atoms with E-state index < -0.39 is 0 Å². The Balaban J connectivity index is 2.20. The Morgan fingerprint density at radius 2 is 2.00 bits per heavy atom. The van der Waals surface area contributed by atoms with E-state index in [1.54, 1.807) is 0 Å². The normalized spacial score (nSPS) is 35.3. The van der Waals surface area contributed by atoms with E-state index in [4.69, 9.17) is 0 Å². The first-order valence-electron chi connectivity index (χ1n) is 3.92. The van der Waals surface area contributed by atoms with E-state index in [1.165, 1.54) is 31.0 Å². The van der Waals surface area contributed by atoms with Crippen molar-refractivity contribution in [3.8, 4) is 0 Å². The summed E-state index contributed by atoms with van der Waals surface area (Å²) in [6.07, 6.45) is 5.81. The Bertz CT molecular complexity index is 70.6. The molecule has 0 bridgehead atoms. The molecule has 0 radical (unpaired) electrons. The van der Waals surface area contributed by atoms with E-state index in [9.17, 15) is 0 Å². The van der Waals surface area contributed by atoms with Crippen molar-refractivity contribution in [1.29, 1.82) is 0 Å². The Morgan fingerprint density at radius 3 is 2.33 bits per heavy atom. The SMILES string of the molecule is CC[C@H]1CC[C@H](CBr)C1. The molecule has 54 valence electrons. The van der Waals surface area contributed by atoms with Gasteiger partial charge in [0.05, 0.1) is 0 Å². The van der Waals surface area contributed by atoms with E-state index in [0.717, 1.165) is 11.8 Å². The fourth-order valence-electron chi connectivity index (χ4n) is 1.69. The van der Waals surface area contributed by atoms with Crippen LogP contribution in [0.4, 0.5) is 0 Å². The number of rotatable bonds is 2. The second-order valence-electron chi connectivity index (χ2n) is 3.11. The summed E-state index contributed by atoms with van der Waals surface area (Å²) in [7, 11) is 0. The molecule has 1 heteroatoms. The topological polar surface area (TPSA) is 0 Å². The summed E-state index contributed by atoms with van der Waals surface area (Å²) in [6.45, 7) is 2.31. The maximum absolute atomic E-state index is 3.53.